The Labute approximate surface area is 115 Å². The molecule has 2 rings (SSSR count). The van der Waals surface area contributed by atoms with Gasteiger partial charge in [0.05, 0.1) is 24.8 Å². The quantitative estimate of drug-likeness (QED) is 0.645. The topological polar surface area (TPSA) is 90.4 Å². The van der Waals surface area contributed by atoms with Crippen molar-refractivity contribution >= 4 is 11.4 Å². The number of nitrogens with one attached hydrogen (secondary N) is 1. The van der Waals surface area contributed by atoms with Crippen LogP contribution in [0.2, 0.25) is 0 Å². The second kappa shape index (κ2) is 6.05. The molecular formula is C13H15N3O4. The number of para-hydroxylation sites is 1. The molecule has 106 valence electrons. The third-order valence-electron chi connectivity index (χ3n) is 2.78. The van der Waals surface area contributed by atoms with Gasteiger partial charge in [0.15, 0.2) is 5.75 Å². The lowest BCUT2D eigenvalue weighted by molar-refractivity contribution is -0.384. The first kappa shape index (κ1) is 13.9. The van der Waals surface area contributed by atoms with E-state index in [1.54, 1.807) is 24.4 Å². The molecule has 0 amide bonds. The number of nitro groups is 1. The van der Waals surface area contributed by atoms with Crippen LogP contribution in [0.1, 0.15) is 18.6 Å². The van der Waals surface area contributed by atoms with Crippen molar-refractivity contribution in [2.75, 3.05) is 12.4 Å². The van der Waals surface area contributed by atoms with E-state index < -0.39 is 4.92 Å². The number of benzene rings is 1. The summed E-state index contributed by atoms with van der Waals surface area (Å²) >= 11 is 0. The van der Waals surface area contributed by atoms with Crippen molar-refractivity contribution in [3.8, 4) is 5.75 Å². The molecule has 0 radical (unpaired) electrons. The molecule has 0 bridgehead atoms. The molecule has 0 aliphatic carbocycles. The zero-order chi connectivity index (χ0) is 14.5. The number of rotatable bonds is 6. The van der Waals surface area contributed by atoms with E-state index in [1.165, 1.54) is 7.11 Å². The number of oxazole rings is 1. The largest absolute Gasteiger partial charge is 0.490 e. The molecule has 0 unspecified atom stereocenters. The molecule has 7 heteroatoms. The fourth-order valence-corrected chi connectivity index (χ4v) is 1.78. The summed E-state index contributed by atoms with van der Waals surface area (Å²) in [6.07, 6.45) is 2.41. The zero-order valence-corrected chi connectivity index (χ0v) is 11.3. The molecule has 0 saturated carbocycles. The summed E-state index contributed by atoms with van der Waals surface area (Å²) < 4.78 is 10.4. The van der Waals surface area contributed by atoms with Crippen LogP contribution in [-0.2, 0) is 13.0 Å². The highest BCUT2D eigenvalue weighted by molar-refractivity contribution is 5.68. The fraction of sp³-hybridized carbons (Fsp3) is 0.308. The molecule has 20 heavy (non-hydrogen) atoms. The Morgan fingerprint density at radius 2 is 2.30 bits per heavy atom. The number of aryl methyl sites for hydroxylation is 1. The van der Waals surface area contributed by atoms with E-state index in [0.29, 0.717) is 11.6 Å². The number of ether oxygens (including phenoxy) is 1. The Morgan fingerprint density at radius 3 is 2.90 bits per heavy atom. The van der Waals surface area contributed by atoms with E-state index in [4.69, 9.17) is 9.15 Å². The molecule has 1 heterocycles. The smallest absolute Gasteiger partial charge is 0.333 e. The number of nitro benzene ring substituents is 1. The van der Waals surface area contributed by atoms with Crippen molar-refractivity contribution in [3.05, 3.63) is 46.2 Å². The second-order valence-electron chi connectivity index (χ2n) is 4.04. The molecule has 2 aromatic rings. The van der Waals surface area contributed by atoms with E-state index in [9.17, 15) is 10.1 Å². The molecule has 0 saturated heterocycles. The van der Waals surface area contributed by atoms with Crippen molar-refractivity contribution in [2.24, 2.45) is 0 Å². The van der Waals surface area contributed by atoms with Crippen LogP contribution >= 0.6 is 0 Å². The van der Waals surface area contributed by atoms with Crippen LogP contribution in [0.5, 0.6) is 5.75 Å². The minimum absolute atomic E-state index is 0.0997. The predicted molar refractivity (Wildman–Crippen MR) is 72.9 cm³/mol. The molecule has 1 N–H and O–H groups in total. The van der Waals surface area contributed by atoms with Crippen LogP contribution in [-0.4, -0.2) is 17.0 Å². The molecule has 1 aromatic heterocycles. The van der Waals surface area contributed by atoms with E-state index >= 15 is 0 Å². The average Bonchev–Trinajstić information content (AvgIpc) is 2.92. The predicted octanol–water partition coefficient (Wildman–Crippen LogP) is 2.77. The number of anilines is 1. The number of hydrogen-bond donors (Lipinski definition) is 1. The number of methoxy groups -OCH3 is 1. The van der Waals surface area contributed by atoms with Crippen molar-refractivity contribution < 1.29 is 14.1 Å². The molecule has 7 nitrogen and oxygen atoms in total. The maximum Gasteiger partial charge on any atom is 0.333 e. The minimum Gasteiger partial charge on any atom is -0.490 e. The molecule has 0 spiro atoms. The van der Waals surface area contributed by atoms with Crippen LogP contribution in [0.25, 0.3) is 0 Å². The Balaban J connectivity index is 2.18. The zero-order valence-electron chi connectivity index (χ0n) is 11.3. The van der Waals surface area contributed by atoms with Crippen LogP contribution in [0.3, 0.4) is 0 Å². The van der Waals surface area contributed by atoms with Crippen LogP contribution in [0.15, 0.2) is 28.8 Å². The normalized spacial score (nSPS) is 10.3. The van der Waals surface area contributed by atoms with E-state index in [0.717, 1.165) is 12.2 Å². The van der Waals surface area contributed by atoms with Crippen LogP contribution < -0.4 is 10.1 Å². The van der Waals surface area contributed by atoms with Gasteiger partial charge in [-0.15, -0.1) is 0 Å². The van der Waals surface area contributed by atoms with Gasteiger partial charge in [0.1, 0.15) is 11.4 Å². The standard InChI is InChI=1S/C13H15N3O4/c1-3-9-7-15-12(20-9)8-14-10-5-4-6-11(19-2)13(10)16(17)18/h4-7,14H,3,8H2,1-2H3. The Morgan fingerprint density at radius 1 is 1.50 bits per heavy atom. The van der Waals surface area contributed by atoms with Crippen molar-refractivity contribution in [1.29, 1.82) is 0 Å². The number of nitrogens with zero attached hydrogens (tertiary/aromatic N) is 2. The van der Waals surface area contributed by atoms with Gasteiger partial charge in [-0.2, -0.15) is 0 Å². The lowest BCUT2D eigenvalue weighted by Gasteiger charge is -2.07. The summed E-state index contributed by atoms with van der Waals surface area (Å²) in [5.41, 5.74) is 0.267. The van der Waals surface area contributed by atoms with Gasteiger partial charge >= 0.3 is 5.69 Å². The van der Waals surface area contributed by atoms with Gasteiger partial charge in [0.2, 0.25) is 5.89 Å². The molecular weight excluding hydrogens is 262 g/mol. The SMILES string of the molecule is CCc1cnc(CNc2cccc(OC)c2[N+](=O)[O-])o1. The average molecular weight is 277 g/mol. The van der Waals surface area contributed by atoms with Crippen LogP contribution in [0, 0.1) is 10.1 Å². The summed E-state index contributed by atoms with van der Waals surface area (Å²) in [4.78, 5) is 14.7. The molecule has 0 aliphatic heterocycles. The second-order valence-corrected chi connectivity index (χ2v) is 4.04. The van der Waals surface area contributed by atoms with E-state index in [1.807, 2.05) is 6.92 Å². The molecule has 0 fully saturated rings. The molecule has 0 aliphatic rings. The Bertz CT molecular complexity index is 609. The third-order valence-corrected chi connectivity index (χ3v) is 2.78. The monoisotopic (exact) mass is 277 g/mol. The number of hydrogen-bond acceptors (Lipinski definition) is 6. The first-order valence-corrected chi connectivity index (χ1v) is 6.14. The number of aromatic nitrogens is 1. The van der Waals surface area contributed by atoms with Gasteiger partial charge in [-0.25, -0.2) is 4.98 Å². The highest BCUT2D eigenvalue weighted by Gasteiger charge is 2.20. The summed E-state index contributed by atoms with van der Waals surface area (Å²) in [5, 5.41) is 14.1. The maximum atomic E-state index is 11.1. The molecule has 1 aromatic carbocycles. The lowest BCUT2D eigenvalue weighted by Crippen LogP contribution is -2.04. The van der Waals surface area contributed by atoms with Gasteiger partial charge in [-0.1, -0.05) is 13.0 Å². The van der Waals surface area contributed by atoms with Gasteiger partial charge in [0.25, 0.3) is 0 Å². The highest BCUT2D eigenvalue weighted by Crippen LogP contribution is 2.34. The Kier molecular flexibility index (Phi) is 4.19. The van der Waals surface area contributed by atoms with Crippen molar-refractivity contribution in [3.63, 3.8) is 0 Å². The summed E-state index contributed by atoms with van der Waals surface area (Å²) in [6, 6.07) is 4.84. The van der Waals surface area contributed by atoms with Gasteiger partial charge in [0, 0.05) is 6.42 Å². The van der Waals surface area contributed by atoms with Crippen molar-refractivity contribution in [2.45, 2.75) is 19.9 Å². The van der Waals surface area contributed by atoms with Gasteiger partial charge in [-0.3, -0.25) is 10.1 Å². The van der Waals surface area contributed by atoms with Gasteiger partial charge < -0.3 is 14.5 Å². The van der Waals surface area contributed by atoms with Crippen LogP contribution in [0.4, 0.5) is 11.4 Å². The van der Waals surface area contributed by atoms with Gasteiger partial charge in [-0.05, 0) is 12.1 Å². The first-order chi connectivity index (χ1) is 9.65. The summed E-state index contributed by atoms with van der Waals surface area (Å²) in [5.74, 6) is 1.47. The van der Waals surface area contributed by atoms with E-state index in [2.05, 4.69) is 10.3 Å². The van der Waals surface area contributed by atoms with E-state index in [-0.39, 0.29) is 18.0 Å². The summed E-state index contributed by atoms with van der Waals surface area (Å²) in [7, 11) is 1.40. The third kappa shape index (κ3) is 2.87. The van der Waals surface area contributed by atoms with Crippen molar-refractivity contribution in [1.82, 2.24) is 4.98 Å². The first-order valence-electron chi connectivity index (χ1n) is 6.14. The summed E-state index contributed by atoms with van der Waals surface area (Å²) in [6.45, 7) is 2.23. The Hall–Kier alpha value is -2.57. The molecule has 0 atom stereocenters. The minimum atomic E-state index is -0.478. The maximum absolute atomic E-state index is 11.1. The lowest BCUT2D eigenvalue weighted by atomic mass is 10.2. The highest BCUT2D eigenvalue weighted by atomic mass is 16.6. The fourth-order valence-electron chi connectivity index (χ4n) is 1.78.